The summed E-state index contributed by atoms with van der Waals surface area (Å²) >= 11 is 0. The predicted octanol–water partition coefficient (Wildman–Crippen LogP) is 1.61. The Morgan fingerprint density at radius 1 is 1.38 bits per heavy atom. The molecule has 3 heteroatoms. The molecule has 0 aliphatic carbocycles. The molecule has 70 valence electrons. The van der Waals surface area contributed by atoms with E-state index in [1.165, 1.54) is 0 Å². The van der Waals surface area contributed by atoms with Gasteiger partial charge in [-0.2, -0.15) is 0 Å². The summed E-state index contributed by atoms with van der Waals surface area (Å²) < 4.78 is 11.1. The van der Waals surface area contributed by atoms with Crippen LogP contribution in [0.3, 0.4) is 0 Å². The van der Waals surface area contributed by atoms with Crippen LogP contribution in [0.5, 0.6) is 0 Å². The Kier molecular flexibility index (Phi) is 2.06. The number of aryl methyl sites for hydroxylation is 1. The fourth-order valence-electron chi connectivity index (χ4n) is 1.51. The van der Waals surface area contributed by atoms with E-state index in [2.05, 4.69) is 4.98 Å². The van der Waals surface area contributed by atoms with Crippen molar-refractivity contribution < 1.29 is 9.47 Å². The Morgan fingerprint density at radius 2 is 2.08 bits per heavy atom. The van der Waals surface area contributed by atoms with E-state index >= 15 is 0 Å². The van der Waals surface area contributed by atoms with Crippen LogP contribution in [0.15, 0.2) is 18.3 Å². The molecule has 1 fully saturated rings. The normalized spacial score (nSPS) is 20.5. The van der Waals surface area contributed by atoms with E-state index in [1.54, 1.807) is 6.20 Å². The molecule has 0 atom stereocenters. The minimum absolute atomic E-state index is 0.562. The van der Waals surface area contributed by atoms with Crippen LogP contribution < -0.4 is 0 Å². The summed E-state index contributed by atoms with van der Waals surface area (Å²) in [5.74, 6) is -0.562. The summed E-state index contributed by atoms with van der Waals surface area (Å²) in [5.41, 5.74) is 2.02. The average molecular weight is 179 g/mol. The lowest BCUT2D eigenvalue weighted by Gasteiger charge is -2.22. The van der Waals surface area contributed by atoms with Gasteiger partial charge < -0.3 is 9.47 Å². The van der Waals surface area contributed by atoms with E-state index in [0.29, 0.717) is 13.2 Å². The van der Waals surface area contributed by atoms with Gasteiger partial charge in [0.25, 0.3) is 0 Å². The van der Waals surface area contributed by atoms with Crippen LogP contribution in [0.2, 0.25) is 0 Å². The average Bonchev–Trinajstić information content (AvgIpc) is 2.54. The summed E-state index contributed by atoms with van der Waals surface area (Å²) in [6.07, 6.45) is 1.78. The molecule has 1 aromatic rings. The molecule has 1 saturated heterocycles. The van der Waals surface area contributed by atoms with Gasteiger partial charge >= 0.3 is 0 Å². The number of ether oxygens (including phenoxy) is 2. The van der Waals surface area contributed by atoms with Gasteiger partial charge in [-0.1, -0.05) is 0 Å². The van der Waals surface area contributed by atoms with E-state index in [-0.39, 0.29) is 0 Å². The molecule has 2 heterocycles. The van der Waals surface area contributed by atoms with Gasteiger partial charge in [-0.05, 0) is 26.0 Å². The molecule has 0 bridgehead atoms. The van der Waals surface area contributed by atoms with Gasteiger partial charge in [-0.15, -0.1) is 0 Å². The second-order valence-electron chi connectivity index (χ2n) is 3.33. The Balaban J connectivity index is 2.33. The first kappa shape index (κ1) is 8.66. The molecule has 1 aliphatic rings. The Bertz CT molecular complexity index is 306. The number of nitrogens with zero attached hydrogens (tertiary/aromatic N) is 1. The summed E-state index contributed by atoms with van der Waals surface area (Å²) in [7, 11) is 0. The minimum Gasteiger partial charge on any atom is -0.344 e. The second-order valence-corrected chi connectivity index (χ2v) is 3.33. The topological polar surface area (TPSA) is 31.4 Å². The quantitative estimate of drug-likeness (QED) is 0.656. The van der Waals surface area contributed by atoms with Gasteiger partial charge in [0.2, 0.25) is 0 Å². The predicted molar refractivity (Wildman–Crippen MR) is 48.2 cm³/mol. The first-order valence-corrected chi connectivity index (χ1v) is 4.42. The molecule has 0 amide bonds. The van der Waals surface area contributed by atoms with Crippen LogP contribution in [0.4, 0.5) is 0 Å². The maximum Gasteiger partial charge on any atom is 0.192 e. The Labute approximate surface area is 77.7 Å². The van der Waals surface area contributed by atoms with Crippen molar-refractivity contribution in [2.45, 2.75) is 19.6 Å². The fourth-order valence-corrected chi connectivity index (χ4v) is 1.51. The van der Waals surface area contributed by atoms with Crippen LogP contribution in [-0.4, -0.2) is 18.2 Å². The van der Waals surface area contributed by atoms with Crippen molar-refractivity contribution in [3.05, 3.63) is 29.6 Å². The Morgan fingerprint density at radius 3 is 2.69 bits per heavy atom. The first-order chi connectivity index (χ1) is 6.21. The van der Waals surface area contributed by atoms with Crippen molar-refractivity contribution in [1.29, 1.82) is 0 Å². The maximum atomic E-state index is 5.53. The molecule has 0 unspecified atom stereocenters. The number of pyridine rings is 1. The maximum absolute atomic E-state index is 5.53. The lowest BCUT2D eigenvalue weighted by molar-refractivity contribution is -0.149. The molecular formula is C10H13NO2. The van der Waals surface area contributed by atoms with Gasteiger partial charge in [0.15, 0.2) is 5.79 Å². The van der Waals surface area contributed by atoms with Crippen LogP contribution in [0.1, 0.15) is 18.2 Å². The molecule has 0 aromatic carbocycles. The molecule has 0 saturated carbocycles. The van der Waals surface area contributed by atoms with E-state index < -0.39 is 5.79 Å². The summed E-state index contributed by atoms with van der Waals surface area (Å²) in [5, 5.41) is 0. The highest BCUT2D eigenvalue weighted by Crippen LogP contribution is 2.30. The van der Waals surface area contributed by atoms with Crippen LogP contribution >= 0.6 is 0 Å². The van der Waals surface area contributed by atoms with Crippen molar-refractivity contribution in [1.82, 2.24) is 4.98 Å². The number of hydrogen-bond donors (Lipinski definition) is 0. The highest BCUT2D eigenvalue weighted by molar-refractivity contribution is 5.20. The van der Waals surface area contributed by atoms with Gasteiger partial charge in [0.1, 0.15) is 0 Å². The van der Waals surface area contributed by atoms with Gasteiger partial charge in [-0.25, -0.2) is 0 Å². The van der Waals surface area contributed by atoms with Gasteiger partial charge in [-0.3, -0.25) is 4.98 Å². The second kappa shape index (κ2) is 3.09. The van der Waals surface area contributed by atoms with E-state index in [1.807, 2.05) is 26.0 Å². The zero-order valence-electron chi connectivity index (χ0n) is 7.91. The SMILES string of the molecule is Cc1cc(C2(C)OCCO2)ccn1. The molecular weight excluding hydrogens is 166 g/mol. The van der Waals surface area contributed by atoms with Crippen molar-refractivity contribution in [2.75, 3.05) is 13.2 Å². The number of hydrogen-bond acceptors (Lipinski definition) is 3. The highest BCUT2D eigenvalue weighted by Gasteiger charge is 2.32. The third-order valence-electron chi connectivity index (χ3n) is 2.26. The fraction of sp³-hybridized carbons (Fsp3) is 0.500. The standard InChI is InChI=1S/C10H13NO2/c1-8-7-9(3-4-11-8)10(2)12-5-6-13-10/h3-4,7H,5-6H2,1-2H3. The van der Waals surface area contributed by atoms with E-state index in [0.717, 1.165) is 11.3 Å². The largest absolute Gasteiger partial charge is 0.344 e. The van der Waals surface area contributed by atoms with E-state index in [9.17, 15) is 0 Å². The molecule has 13 heavy (non-hydrogen) atoms. The minimum atomic E-state index is -0.562. The molecule has 1 aliphatic heterocycles. The molecule has 0 radical (unpaired) electrons. The van der Waals surface area contributed by atoms with Crippen LogP contribution in [-0.2, 0) is 15.3 Å². The van der Waals surface area contributed by atoms with Crippen molar-refractivity contribution >= 4 is 0 Å². The summed E-state index contributed by atoms with van der Waals surface area (Å²) in [6.45, 7) is 5.23. The zero-order valence-corrected chi connectivity index (χ0v) is 7.91. The zero-order chi connectivity index (χ0) is 9.31. The lowest BCUT2D eigenvalue weighted by atomic mass is 10.1. The highest BCUT2D eigenvalue weighted by atomic mass is 16.7. The number of aromatic nitrogens is 1. The first-order valence-electron chi connectivity index (χ1n) is 4.42. The molecule has 3 nitrogen and oxygen atoms in total. The molecule has 0 spiro atoms. The van der Waals surface area contributed by atoms with Crippen molar-refractivity contribution in [2.24, 2.45) is 0 Å². The third-order valence-corrected chi connectivity index (χ3v) is 2.26. The van der Waals surface area contributed by atoms with Gasteiger partial charge in [0.05, 0.1) is 13.2 Å². The summed E-state index contributed by atoms with van der Waals surface area (Å²) in [6, 6.07) is 3.92. The molecule has 1 aromatic heterocycles. The monoisotopic (exact) mass is 179 g/mol. The number of rotatable bonds is 1. The van der Waals surface area contributed by atoms with E-state index in [4.69, 9.17) is 9.47 Å². The van der Waals surface area contributed by atoms with Crippen LogP contribution in [0, 0.1) is 6.92 Å². The third kappa shape index (κ3) is 1.57. The smallest absolute Gasteiger partial charge is 0.192 e. The van der Waals surface area contributed by atoms with Gasteiger partial charge in [0, 0.05) is 17.5 Å². The molecule has 0 N–H and O–H groups in total. The molecule has 2 rings (SSSR count). The van der Waals surface area contributed by atoms with Crippen molar-refractivity contribution in [3.8, 4) is 0 Å². The Hall–Kier alpha value is -0.930. The summed E-state index contributed by atoms with van der Waals surface area (Å²) in [4.78, 5) is 4.13. The van der Waals surface area contributed by atoms with Crippen molar-refractivity contribution in [3.63, 3.8) is 0 Å². The van der Waals surface area contributed by atoms with Crippen LogP contribution in [0.25, 0.3) is 0 Å². The lowest BCUT2D eigenvalue weighted by Crippen LogP contribution is -2.22.